The number of amides is 1. The number of thiazole rings is 1. The first-order chi connectivity index (χ1) is 7.16. The lowest BCUT2D eigenvalue weighted by Crippen LogP contribution is -2.27. The Hall–Kier alpha value is -1.56. The Morgan fingerprint density at radius 1 is 1.80 bits per heavy atom. The molecule has 15 heavy (non-hydrogen) atoms. The number of carbonyl (C=O) groups excluding carboxylic acids is 1. The van der Waals surface area contributed by atoms with Gasteiger partial charge in [0, 0.05) is 12.4 Å². The number of rotatable bonds is 2. The summed E-state index contributed by atoms with van der Waals surface area (Å²) in [6.45, 7) is 0.394. The van der Waals surface area contributed by atoms with Gasteiger partial charge in [-0.1, -0.05) is 6.08 Å². The molecule has 1 amide bonds. The maximum Gasteiger partial charge on any atom is 0.410 e. The monoisotopic (exact) mass is 225 g/mol. The van der Waals surface area contributed by atoms with Gasteiger partial charge in [0.2, 0.25) is 0 Å². The van der Waals surface area contributed by atoms with E-state index in [9.17, 15) is 4.79 Å². The second-order valence-electron chi connectivity index (χ2n) is 3.22. The summed E-state index contributed by atoms with van der Waals surface area (Å²) in [5.41, 5.74) is 6.31. The number of nitrogen functional groups attached to an aromatic ring is 1. The summed E-state index contributed by atoms with van der Waals surface area (Å²) in [6, 6.07) is -0.0135. The van der Waals surface area contributed by atoms with E-state index in [-0.39, 0.29) is 12.1 Å². The predicted octanol–water partition coefficient (Wildman–Crippen LogP) is 1.19. The van der Waals surface area contributed by atoms with Gasteiger partial charge in [0.15, 0.2) is 5.13 Å². The van der Waals surface area contributed by atoms with Gasteiger partial charge in [-0.25, -0.2) is 9.78 Å². The summed E-state index contributed by atoms with van der Waals surface area (Å²) < 4.78 is 4.86. The third kappa shape index (κ3) is 2.10. The molecular formula is C9H11N3O2S. The van der Waals surface area contributed by atoms with Crippen molar-refractivity contribution in [3.05, 3.63) is 17.2 Å². The quantitative estimate of drug-likeness (QED) is 0.820. The number of aromatic nitrogens is 1. The molecule has 1 fully saturated rings. The molecule has 0 saturated carbocycles. The Labute approximate surface area is 91.2 Å². The third-order valence-electron chi connectivity index (χ3n) is 2.19. The fourth-order valence-corrected chi connectivity index (χ4v) is 1.81. The van der Waals surface area contributed by atoms with Crippen LogP contribution in [0.15, 0.2) is 11.5 Å². The average Bonchev–Trinajstić information content (AvgIpc) is 2.74. The van der Waals surface area contributed by atoms with E-state index in [1.807, 2.05) is 17.5 Å². The fourth-order valence-electron chi connectivity index (χ4n) is 1.28. The summed E-state index contributed by atoms with van der Waals surface area (Å²) in [5.74, 6) is 0. The lowest BCUT2D eigenvalue weighted by atomic mass is 10.2. The van der Waals surface area contributed by atoms with Crippen molar-refractivity contribution in [2.24, 2.45) is 0 Å². The highest BCUT2D eigenvalue weighted by molar-refractivity contribution is 7.13. The zero-order valence-electron chi connectivity index (χ0n) is 8.21. The van der Waals surface area contributed by atoms with Gasteiger partial charge in [0.25, 0.3) is 0 Å². The molecule has 1 aliphatic heterocycles. The van der Waals surface area contributed by atoms with Gasteiger partial charge in [0.05, 0.1) is 11.7 Å². The van der Waals surface area contributed by atoms with E-state index in [1.54, 1.807) is 11.9 Å². The van der Waals surface area contributed by atoms with Crippen LogP contribution in [0.4, 0.5) is 9.93 Å². The smallest absolute Gasteiger partial charge is 0.410 e. The van der Waals surface area contributed by atoms with Gasteiger partial charge < -0.3 is 15.4 Å². The number of nitrogens with two attached hydrogens (primary N) is 1. The second-order valence-corrected chi connectivity index (χ2v) is 4.11. The van der Waals surface area contributed by atoms with Crippen LogP contribution < -0.4 is 5.73 Å². The molecule has 0 radical (unpaired) electrons. The summed E-state index contributed by atoms with van der Waals surface area (Å²) in [4.78, 5) is 16.7. The molecule has 1 saturated heterocycles. The van der Waals surface area contributed by atoms with Gasteiger partial charge in [-0.3, -0.25) is 0 Å². The lowest BCUT2D eigenvalue weighted by molar-refractivity contribution is 0.163. The topological polar surface area (TPSA) is 68.5 Å². The van der Waals surface area contributed by atoms with Gasteiger partial charge in [-0.2, -0.15) is 0 Å². The summed E-state index contributed by atoms with van der Waals surface area (Å²) in [7, 11) is 1.71. The Morgan fingerprint density at radius 2 is 2.60 bits per heavy atom. The van der Waals surface area contributed by atoms with Crippen molar-refractivity contribution < 1.29 is 9.53 Å². The van der Waals surface area contributed by atoms with E-state index < -0.39 is 0 Å². The highest BCUT2D eigenvalue weighted by Gasteiger charge is 2.26. The lowest BCUT2D eigenvalue weighted by Gasteiger charge is -2.10. The van der Waals surface area contributed by atoms with Crippen LogP contribution in [-0.2, 0) is 4.74 Å². The largest absolute Gasteiger partial charge is 0.447 e. The molecule has 2 rings (SSSR count). The summed E-state index contributed by atoms with van der Waals surface area (Å²) >= 11 is 1.39. The van der Waals surface area contributed by atoms with Crippen LogP contribution in [-0.4, -0.2) is 35.7 Å². The Balaban J connectivity index is 2.03. The molecule has 80 valence electrons. The number of carbonyl (C=O) groups is 1. The van der Waals surface area contributed by atoms with E-state index >= 15 is 0 Å². The Bertz CT molecular complexity index is 402. The molecule has 0 bridgehead atoms. The molecule has 1 aromatic rings. The van der Waals surface area contributed by atoms with Crippen LogP contribution in [0.1, 0.15) is 5.69 Å². The SMILES string of the molecule is CN1C(=O)OCC1/C=C/c1csc(N)n1. The number of hydrogen-bond donors (Lipinski definition) is 1. The van der Waals surface area contributed by atoms with E-state index in [1.165, 1.54) is 11.3 Å². The fraction of sp³-hybridized carbons (Fsp3) is 0.333. The molecule has 0 aliphatic carbocycles. The number of nitrogens with zero attached hydrogens (tertiary/aromatic N) is 2. The zero-order chi connectivity index (χ0) is 10.8. The van der Waals surface area contributed by atoms with Gasteiger partial charge >= 0.3 is 6.09 Å². The van der Waals surface area contributed by atoms with Gasteiger partial charge in [0.1, 0.15) is 6.61 Å². The Kier molecular flexibility index (Phi) is 2.59. The molecule has 0 spiro atoms. The van der Waals surface area contributed by atoms with Crippen LogP contribution in [0.5, 0.6) is 0 Å². The standard InChI is InChI=1S/C9H11N3O2S/c1-12-7(4-14-9(12)13)3-2-6-5-15-8(10)11-6/h2-3,5,7H,4H2,1H3,(H2,10,11)/b3-2+. The highest BCUT2D eigenvalue weighted by atomic mass is 32.1. The summed E-state index contributed by atoms with van der Waals surface area (Å²) in [6.07, 6.45) is 3.44. The number of ether oxygens (including phenoxy) is 1. The molecule has 2 N–H and O–H groups in total. The molecule has 5 nitrogen and oxygen atoms in total. The van der Waals surface area contributed by atoms with Gasteiger partial charge in [-0.15, -0.1) is 11.3 Å². The van der Waals surface area contributed by atoms with Crippen molar-refractivity contribution >= 4 is 28.6 Å². The molecule has 0 aromatic carbocycles. The number of cyclic esters (lactones) is 1. The molecule has 6 heteroatoms. The van der Waals surface area contributed by atoms with E-state index in [0.29, 0.717) is 11.7 Å². The van der Waals surface area contributed by atoms with Crippen molar-refractivity contribution in [1.82, 2.24) is 9.88 Å². The number of anilines is 1. The van der Waals surface area contributed by atoms with E-state index in [4.69, 9.17) is 10.5 Å². The molecular weight excluding hydrogens is 214 g/mol. The van der Waals surface area contributed by atoms with Crippen molar-refractivity contribution in [2.75, 3.05) is 19.4 Å². The normalized spacial score (nSPS) is 21.3. The van der Waals surface area contributed by atoms with Gasteiger partial charge in [-0.05, 0) is 6.08 Å². The Morgan fingerprint density at radius 3 is 3.13 bits per heavy atom. The zero-order valence-corrected chi connectivity index (χ0v) is 9.03. The minimum atomic E-state index is -0.289. The molecule has 2 heterocycles. The van der Waals surface area contributed by atoms with Crippen molar-refractivity contribution in [3.63, 3.8) is 0 Å². The number of likely N-dealkylation sites (N-methyl/N-ethyl adjacent to an activating group) is 1. The van der Waals surface area contributed by atoms with Crippen LogP contribution >= 0.6 is 11.3 Å². The minimum absolute atomic E-state index is 0.0135. The van der Waals surface area contributed by atoms with Crippen molar-refractivity contribution in [2.45, 2.75) is 6.04 Å². The molecule has 1 aromatic heterocycles. The predicted molar refractivity (Wildman–Crippen MR) is 58.5 cm³/mol. The first-order valence-electron chi connectivity index (χ1n) is 4.45. The highest BCUT2D eigenvalue weighted by Crippen LogP contribution is 2.15. The third-order valence-corrected chi connectivity index (χ3v) is 2.88. The van der Waals surface area contributed by atoms with Crippen LogP contribution in [0, 0.1) is 0 Å². The molecule has 1 unspecified atom stereocenters. The van der Waals surface area contributed by atoms with Crippen LogP contribution in [0.25, 0.3) is 6.08 Å². The van der Waals surface area contributed by atoms with Crippen LogP contribution in [0.2, 0.25) is 0 Å². The average molecular weight is 225 g/mol. The first-order valence-corrected chi connectivity index (χ1v) is 5.33. The molecule has 1 atom stereocenters. The molecule has 1 aliphatic rings. The van der Waals surface area contributed by atoms with E-state index in [0.717, 1.165) is 5.69 Å². The maximum absolute atomic E-state index is 11.0. The summed E-state index contributed by atoms with van der Waals surface area (Å²) in [5, 5.41) is 2.41. The van der Waals surface area contributed by atoms with Crippen molar-refractivity contribution in [3.8, 4) is 0 Å². The van der Waals surface area contributed by atoms with Crippen molar-refractivity contribution in [1.29, 1.82) is 0 Å². The number of hydrogen-bond acceptors (Lipinski definition) is 5. The minimum Gasteiger partial charge on any atom is -0.447 e. The van der Waals surface area contributed by atoms with Crippen LogP contribution in [0.3, 0.4) is 0 Å². The second kappa shape index (κ2) is 3.90. The maximum atomic E-state index is 11.0. The van der Waals surface area contributed by atoms with E-state index in [2.05, 4.69) is 4.98 Å². The first kappa shape index (κ1) is 9.97.